The highest BCUT2D eigenvalue weighted by atomic mass is 16.3. The van der Waals surface area contributed by atoms with Gasteiger partial charge in [0.05, 0.1) is 16.7 Å². The summed E-state index contributed by atoms with van der Waals surface area (Å²) in [5.74, 6) is 0. The smallest absolute Gasteiger partial charge is 0.143 e. The molecule has 12 aromatic rings. The molecule has 3 heteroatoms. The summed E-state index contributed by atoms with van der Waals surface area (Å²) in [5, 5.41) is 4.67. The van der Waals surface area contributed by atoms with Crippen molar-refractivity contribution >= 4 is 60.8 Å². The average molecular weight is 805 g/mol. The van der Waals surface area contributed by atoms with Crippen LogP contribution in [0.25, 0.3) is 93.9 Å². The number of furan rings is 1. The van der Waals surface area contributed by atoms with E-state index in [9.17, 15) is 0 Å². The Labute approximate surface area is 366 Å². The van der Waals surface area contributed by atoms with Crippen LogP contribution < -0.4 is 4.90 Å². The number of rotatable bonds is 8. The summed E-state index contributed by atoms with van der Waals surface area (Å²) in [4.78, 5) is 2.40. The van der Waals surface area contributed by atoms with Gasteiger partial charge in [-0.15, -0.1) is 0 Å². The summed E-state index contributed by atoms with van der Waals surface area (Å²) in [6.07, 6.45) is 0. The second-order valence-corrected chi connectivity index (χ2v) is 16.1. The van der Waals surface area contributed by atoms with Gasteiger partial charge in [0.2, 0.25) is 0 Å². The molecule has 0 saturated heterocycles. The van der Waals surface area contributed by atoms with E-state index in [1.54, 1.807) is 0 Å². The third-order valence-corrected chi connectivity index (χ3v) is 12.4. The number of benzene rings is 10. The summed E-state index contributed by atoms with van der Waals surface area (Å²) in [7, 11) is 0. The van der Waals surface area contributed by atoms with Crippen molar-refractivity contribution in [1.82, 2.24) is 4.57 Å². The van der Waals surface area contributed by atoms with Crippen LogP contribution >= 0.6 is 0 Å². The maximum Gasteiger partial charge on any atom is 0.143 e. The first-order valence-corrected chi connectivity index (χ1v) is 21.5. The van der Waals surface area contributed by atoms with Crippen LogP contribution in [0.5, 0.6) is 0 Å². The zero-order chi connectivity index (χ0) is 41.7. The predicted molar refractivity (Wildman–Crippen MR) is 264 cm³/mol. The molecule has 0 unspecified atom stereocenters. The van der Waals surface area contributed by atoms with E-state index in [0.717, 1.165) is 72.5 Å². The van der Waals surface area contributed by atoms with Crippen molar-refractivity contribution in [2.75, 3.05) is 4.90 Å². The van der Waals surface area contributed by atoms with Crippen LogP contribution in [0.4, 0.5) is 17.1 Å². The van der Waals surface area contributed by atoms with Gasteiger partial charge in [0, 0.05) is 49.7 Å². The van der Waals surface area contributed by atoms with Crippen LogP contribution in [0.1, 0.15) is 0 Å². The zero-order valence-corrected chi connectivity index (χ0v) is 34.4. The first-order chi connectivity index (χ1) is 31.3. The molecular weight excluding hydrogens is 765 g/mol. The van der Waals surface area contributed by atoms with Gasteiger partial charge in [-0.2, -0.15) is 0 Å². The lowest BCUT2D eigenvalue weighted by molar-refractivity contribution is 0.670. The molecule has 0 N–H and O–H groups in total. The Morgan fingerprint density at radius 3 is 1.62 bits per heavy atom. The lowest BCUT2D eigenvalue weighted by atomic mass is 9.94. The normalized spacial score (nSPS) is 11.5. The standard InChI is InChI=1S/C60H40N2O/c1-4-17-41(18-5-1)48-23-10-11-24-49(48)43-31-34-46(35-32-43)62-56-29-14-12-25-51(56)52-37-36-47(40-58(52)62)61(45-21-8-3-9-22-45)57-38-33-44(39-55(57)42-19-6-2-7-20-42)50-27-16-28-54-53-26-13-15-30-59(53)63-60(50)54/h1-40H. The van der Waals surface area contributed by atoms with Crippen molar-refractivity contribution in [2.24, 2.45) is 0 Å². The molecule has 0 saturated carbocycles. The maximum absolute atomic E-state index is 6.55. The highest BCUT2D eigenvalue weighted by Crippen LogP contribution is 2.46. The molecule has 0 spiro atoms. The second kappa shape index (κ2) is 15.3. The van der Waals surface area contributed by atoms with Gasteiger partial charge in [-0.25, -0.2) is 0 Å². The molecule has 0 aliphatic heterocycles. The van der Waals surface area contributed by atoms with E-state index in [0.29, 0.717) is 0 Å². The van der Waals surface area contributed by atoms with Gasteiger partial charge in [-0.05, 0) is 94.0 Å². The number of fused-ring (bicyclic) bond motifs is 6. The van der Waals surface area contributed by atoms with E-state index in [1.165, 1.54) is 38.5 Å². The minimum absolute atomic E-state index is 0.896. The van der Waals surface area contributed by atoms with E-state index in [-0.39, 0.29) is 0 Å². The third-order valence-electron chi connectivity index (χ3n) is 12.4. The largest absolute Gasteiger partial charge is 0.455 e. The average Bonchev–Trinajstić information content (AvgIpc) is 3.91. The lowest BCUT2D eigenvalue weighted by Crippen LogP contribution is -2.11. The molecule has 2 heterocycles. The van der Waals surface area contributed by atoms with Crippen molar-refractivity contribution in [3.63, 3.8) is 0 Å². The molecule has 63 heavy (non-hydrogen) atoms. The van der Waals surface area contributed by atoms with E-state index < -0.39 is 0 Å². The Hall–Kier alpha value is -8.40. The van der Waals surface area contributed by atoms with Crippen molar-refractivity contribution < 1.29 is 4.42 Å². The summed E-state index contributed by atoms with van der Waals surface area (Å²) < 4.78 is 8.97. The fourth-order valence-corrected chi connectivity index (χ4v) is 9.50. The summed E-state index contributed by atoms with van der Waals surface area (Å²) in [5.41, 5.74) is 17.7. The predicted octanol–water partition coefficient (Wildman–Crippen LogP) is 16.8. The SMILES string of the molecule is c1ccc(-c2ccccc2-c2ccc(-n3c4ccccc4c4ccc(N(c5ccccc5)c5ccc(-c6cccc7c6oc6ccccc67)cc5-c5ccccc5)cc43)cc2)cc1. The number of anilines is 3. The Balaban J connectivity index is 1.03. The summed E-state index contributed by atoms with van der Waals surface area (Å²) in [6, 6.07) is 87.1. The molecule has 0 bridgehead atoms. The first-order valence-electron chi connectivity index (χ1n) is 21.5. The Morgan fingerprint density at radius 2 is 0.873 bits per heavy atom. The van der Waals surface area contributed by atoms with E-state index in [4.69, 9.17) is 4.42 Å². The van der Waals surface area contributed by atoms with Crippen molar-refractivity contribution in [3.05, 3.63) is 243 Å². The highest BCUT2D eigenvalue weighted by Gasteiger charge is 2.22. The van der Waals surface area contributed by atoms with Gasteiger partial charge in [0.1, 0.15) is 11.2 Å². The van der Waals surface area contributed by atoms with E-state index in [2.05, 4.69) is 240 Å². The monoisotopic (exact) mass is 804 g/mol. The van der Waals surface area contributed by atoms with Gasteiger partial charge in [-0.1, -0.05) is 182 Å². The molecule has 2 aromatic heterocycles. The second-order valence-electron chi connectivity index (χ2n) is 16.1. The number of para-hydroxylation sites is 4. The Bertz CT molecular complexity index is 3600. The lowest BCUT2D eigenvalue weighted by Gasteiger charge is -2.28. The van der Waals surface area contributed by atoms with Crippen molar-refractivity contribution in [1.29, 1.82) is 0 Å². The van der Waals surface area contributed by atoms with Crippen LogP contribution in [-0.2, 0) is 0 Å². The molecule has 0 amide bonds. The van der Waals surface area contributed by atoms with Gasteiger partial charge >= 0.3 is 0 Å². The molecule has 3 nitrogen and oxygen atoms in total. The van der Waals surface area contributed by atoms with Crippen molar-refractivity contribution in [2.45, 2.75) is 0 Å². The summed E-state index contributed by atoms with van der Waals surface area (Å²) >= 11 is 0. The van der Waals surface area contributed by atoms with E-state index in [1.807, 2.05) is 12.1 Å². The molecular formula is C60H40N2O. The molecule has 0 atom stereocenters. The summed E-state index contributed by atoms with van der Waals surface area (Å²) in [6.45, 7) is 0. The van der Waals surface area contributed by atoms with Gasteiger partial charge in [0.15, 0.2) is 0 Å². The number of hydrogen-bond acceptors (Lipinski definition) is 2. The van der Waals surface area contributed by atoms with Gasteiger partial charge in [0.25, 0.3) is 0 Å². The quantitative estimate of drug-likeness (QED) is 0.153. The van der Waals surface area contributed by atoms with E-state index >= 15 is 0 Å². The van der Waals surface area contributed by atoms with Crippen LogP contribution in [0.2, 0.25) is 0 Å². The molecule has 296 valence electrons. The van der Waals surface area contributed by atoms with Gasteiger partial charge in [-0.3, -0.25) is 0 Å². The van der Waals surface area contributed by atoms with Crippen LogP contribution in [-0.4, -0.2) is 4.57 Å². The van der Waals surface area contributed by atoms with Crippen LogP contribution in [0, 0.1) is 0 Å². The minimum Gasteiger partial charge on any atom is -0.455 e. The molecule has 12 rings (SSSR count). The molecule has 0 aliphatic rings. The maximum atomic E-state index is 6.55. The fourth-order valence-electron chi connectivity index (χ4n) is 9.50. The molecule has 10 aromatic carbocycles. The van der Waals surface area contributed by atoms with Crippen LogP contribution in [0.15, 0.2) is 247 Å². The number of hydrogen-bond donors (Lipinski definition) is 0. The highest BCUT2D eigenvalue weighted by molar-refractivity contribution is 6.12. The minimum atomic E-state index is 0.896. The molecule has 0 radical (unpaired) electrons. The third kappa shape index (κ3) is 6.29. The molecule has 0 fully saturated rings. The number of aromatic nitrogens is 1. The Kier molecular flexibility index (Phi) is 8.83. The Morgan fingerprint density at radius 1 is 0.317 bits per heavy atom. The topological polar surface area (TPSA) is 21.3 Å². The van der Waals surface area contributed by atoms with Gasteiger partial charge < -0.3 is 13.9 Å². The fraction of sp³-hybridized carbons (Fsp3) is 0. The molecule has 0 aliphatic carbocycles. The first kappa shape index (κ1) is 36.5. The zero-order valence-electron chi connectivity index (χ0n) is 34.4. The van der Waals surface area contributed by atoms with Crippen molar-refractivity contribution in [3.8, 4) is 50.2 Å². The van der Waals surface area contributed by atoms with Crippen LogP contribution in [0.3, 0.4) is 0 Å². The number of nitrogens with zero attached hydrogens (tertiary/aromatic N) is 2.